The summed E-state index contributed by atoms with van der Waals surface area (Å²) in [5.41, 5.74) is 1.12. The van der Waals surface area contributed by atoms with Crippen LogP contribution in [0.3, 0.4) is 0 Å². The van der Waals surface area contributed by atoms with Crippen LogP contribution in [0.1, 0.15) is 10.4 Å². The molecule has 1 N–H and O–H groups in total. The summed E-state index contributed by atoms with van der Waals surface area (Å²) >= 11 is 5.25. The SMILES string of the molecule is Brc1ccc(CCNCc2cncnc2)s1. The summed E-state index contributed by atoms with van der Waals surface area (Å²) in [6.45, 7) is 1.80. The summed E-state index contributed by atoms with van der Waals surface area (Å²) in [6, 6.07) is 4.24. The monoisotopic (exact) mass is 297 g/mol. The molecule has 0 atom stereocenters. The lowest BCUT2D eigenvalue weighted by molar-refractivity contribution is 0.686. The second kappa shape index (κ2) is 6.08. The summed E-state index contributed by atoms with van der Waals surface area (Å²) < 4.78 is 1.19. The first-order chi connectivity index (χ1) is 7.84. The van der Waals surface area contributed by atoms with E-state index in [1.165, 1.54) is 8.66 Å². The Morgan fingerprint density at radius 3 is 2.75 bits per heavy atom. The van der Waals surface area contributed by atoms with Crippen LogP contribution in [0.2, 0.25) is 0 Å². The van der Waals surface area contributed by atoms with E-state index < -0.39 is 0 Å². The van der Waals surface area contributed by atoms with Crippen LogP contribution in [-0.4, -0.2) is 16.5 Å². The van der Waals surface area contributed by atoms with Crippen LogP contribution < -0.4 is 5.32 Å². The van der Waals surface area contributed by atoms with Crippen LogP contribution in [0, 0.1) is 0 Å². The van der Waals surface area contributed by atoms with Gasteiger partial charge >= 0.3 is 0 Å². The van der Waals surface area contributed by atoms with E-state index in [1.54, 1.807) is 17.7 Å². The quantitative estimate of drug-likeness (QED) is 0.862. The molecule has 5 heteroatoms. The summed E-state index contributed by atoms with van der Waals surface area (Å²) in [4.78, 5) is 9.33. The zero-order valence-electron chi connectivity index (χ0n) is 8.69. The smallest absolute Gasteiger partial charge is 0.115 e. The Hall–Kier alpha value is -0.780. The molecule has 0 aliphatic rings. The predicted molar refractivity (Wildman–Crippen MR) is 69.5 cm³/mol. The van der Waals surface area contributed by atoms with Gasteiger partial charge in [-0.1, -0.05) is 0 Å². The van der Waals surface area contributed by atoms with Gasteiger partial charge < -0.3 is 5.32 Å². The Morgan fingerprint density at radius 2 is 2.06 bits per heavy atom. The van der Waals surface area contributed by atoms with Crippen LogP contribution >= 0.6 is 27.3 Å². The fraction of sp³-hybridized carbons (Fsp3) is 0.273. The molecule has 2 aromatic heterocycles. The lowest BCUT2D eigenvalue weighted by atomic mass is 10.3. The molecule has 0 unspecified atom stereocenters. The van der Waals surface area contributed by atoms with Crippen molar-refractivity contribution < 1.29 is 0 Å². The number of rotatable bonds is 5. The van der Waals surface area contributed by atoms with Crippen molar-refractivity contribution in [2.45, 2.75) is 13.0 Å². The van der Waals surface area contributed by atoms with Crippen LogP contribution in [0.15, 0.2) is 34.6 Å². The number of thiophene rings is 1. The maximum absolute atomic E-state index is 3.97. The molecule has 84 valence electrons. The van der Waals surface area contributed by atoms with Gasteiger partial charge in [0.2, 0.25) is 0 Å². The van der Waals surface area contributed by atoms with E-state index in [9.17, 15) is 0 Å². The Labute approximate surface area is 107 Å². The van der Waals surface area contributed by atoms with Crippen LogP contribution in [0.4, 0.5) is 0 Å². The zero-order valence-corrected chi connectivity index (χ0v) is 11.1. The second-order valence-electron chi connectivity index (χ2n) is 3.38. The molecule has 0 radical (unpaired) electrons. The van der Waals surface area contributed by atoms with Crippen LogP contribution in [0.5, 0.6) is 0 Å². The molecule has 0 amide bonds. The van der Waals surface area contributed by atoms with Gasteiger partial charge in [0.25, 0.3) is 0 Å². The normalized spacial score (nSPS) is 10.6. The fourth-order valence-electron chi connectivity index (χ4n) is 1.35. The molecule has 0 aromatic carbocycles. The zero-order chi connectivity index (χ0) is 11.2. The highest BCUT2D eigenvalue weighted by Gasteiger charge is 1.97. The van der Waals surface area contributed by atoms with Gasteiger partial charge in [-0.3, -0.25) is 0 Å². The standard InChI is InChI=1S/C11H12BrN3S/c12-11-2-1-10(16-11)3-4-13-5-9-6-14-8-15-7-9/h1-2,6-8,13H,3-5H2. The van der Waals surface area contributed by atoms with Gasteiger partial charge in [-0.15, -0.1) is 11.3 Å². The number of nitrogens with one attached hydrogen (secondary N) is 1. The molecule has 3 nitrogen and oxygen atoms in total. The first kappa shape index (κ1) is 11.7. The summed E-state index contributed by atoms with van der Waals surface area (Å²) in [5.74, 6) is 0. The van der Waals surface area contributed by atoms with E-state index in [4.69, 9.17) is 0 Å². The maximum Gasteiger partial charge on any atom is 0.115 e. The highest BCUT2D eigenvalue weighted by molar-refractivity contribution is 9.11. The molecule has 2 rings (SSSR count). The van der Waals surface area contributed by atoms with Crippen molar-refractivity contribution in [2.75, 3.05) is 6.54 Å². The summed E-state index contributed by atoms with van der Waals surface area (Å²) in [5, 5.41) is 3.37. The van der Waals surface area contributed by atoms with Gasteiger partial charge in [0.15, 0.2) is 0 Å². The minimum atomic E-state index is 0.827. The van der Waals surface area contributed by atoms with Gasteiger partial charge in [-0.25, -0.2) is 9.97 Å². The van der Waals surface area contributed by atoms with E-state index in [0.717, 1.165) is 25.1 Å². The molecule has 0 fully saturated rings. The van der Waals surface area contributed by atoms with E-state index >= 15 is 0 Å². The number of aromatic nitrogens is 2. The van der Waals surface area contributed by atoms with Crippen LogP contribution in [-0.2, 0) is 13.0 Å². The van der Waals surface area contributed by atoms with Crippen LogP contribution in [0.25, 0.3) is 0 Å². The third-order valence-electron chi connectivity index (χ3n) is 2.12. The van der Waals surface area contributed by atoms with Gasteiger partial charge in [0.05, 0.1) is 3.79 Å². The fourth-order valence-corrected chi connectivity index (χ4v) is 2.83. The number of nitrogens with zero attached hydrogens (tertiary/aromatic N) is 2. The van der Waals surface area contributed by atoms with Crippen molar-refractivity contribution in [3.8, 4) is 0 Å². The van der Waals surface area contributed by atoms with E-state index in [1.807, 2.05) is 12.4 Å². The molecule has 0 aliphatic carbocycles. The number of hydrogen-bond acceptors (Lipinski definition) is 4. The van der Waals surface area contributed by atoms with Crippen molar-refractivity contribution >= 4 is 27.3 Å². The van der Waals surface area contributed by atoms with E-state index in [2.05, 4.69) is 43.3 Å². The predicted octanol–water partition coefficient (Wildman–Crippen LogP) is 2.63. The van der Waals surface area contributed by atoms with Crippen molar-refractivity contribution in [1.29, 1.82) is 0 Å². The highest BCUT2D eigenvalue weighted by atomic mass is 79.9. The maximum atomic E-state index is 3.97. The molecular weight excluding hydrogens is 286 g/mol. The molecule has 0 spiro atoms. The highest BCUT2D eigenvalue weighted by Crippen LogP contribution is 2.21. The largest absolute Gasteiger partial charge is 0.312 e. The molecule has 16 heavy (non-hydrogen) atoms. The van der Waals surface area contributed by atoms with E-state index in [0.29, 0.717) is 0 Å². The topological polar surface area (TPSA) is 37.8 Å². The van der Waals surface area contributed by atoms with Gasteiger partial charge in [-0.05, 0) is 34.5 Å². The minimum Gasteiger partial charge on any atom is -0.312 e. The Morgan fingerprint density at radius 1 is 1.25 bits per heavy atom. The molecule has 2 heterocycles. The Balaban J connectivity index is 1.69. The Bertz CT molecular complexity index is 430. The Kier molecular flexibility index (Phi) is 4.44. The van der Waals surface area contributed by atoms with Crippen molar-refractivity contribution in [2.24, 2.45) is 0 Å². The minimum absolute atomic E-state index is 0.827. The summed E-state index contributed by atoms with van der Waals surface area (Å²) in [7, 11) is 0. The number of hydrogen-bond donors (Lipinski definition) is 1. The van der Waals surface area contributed by atoms with Crippen molar-refractivity contribution in [3.05, 3.63) is 45.1 Å². The molecular formula is C11H12BrN3S. The lowest BCUT2D eigenvalue weighted by Crippen LogP contribution is -2.16. The average molecular weight is 298 g/mol. The average Bonchev–Trinajstić information content (AvgIpc) is 2.72. The lowest BCUT2D eigenvalue weighted by Gasteiger charge is -2.02. The first-order valence-corrected chi connectivity index (χ1v) is 6.64. The first-order valence-electron chi connectivity index (χ1n) is 5.03. The van der Waals surface area contributed by atoms with Gasteiger partial charge in [-0.2, -0.15) is 0 Å². The molecule has 0 aliphatic heterocycles. The third kappa shape index (κ3) is 3.66. The second-order valence-corrected chi connectivity index (χ2v) is 5.93. The molecule has 0 saturated heterocycles. The number of halogens is 1. The molecule has 0 bridgehead atoms. The van der Waals surface area contributed by atoms with Gasteiger partial charge in [0.1, 0.15) is 6.33 Å². The third-order valence-corrected chi connectivity index (χ3v) is 3.80. The van der Waals surface area contributed by atoms with Crippen molar-refractivity contribution in [3.63, 3.8) is 0 Å². The van der Waals surface area contributed by atoms with Gasteiger partial charge in [0, 0.05) is 35.9 Å². The van der Waals surface area contributed by atoms with E-state index in [-0.39, 0.29) is 0 Å². The van der Waals surface area contributed by atoms with Crippen molar-refractivity contribution in [1.82, 2.24) is 15.3 Å². The molecule has 0 saturated carbocycles. The summed E-state index contributed by atoms with van der Waals surface area (Å²) in [6.07, 6.45) is 6.28. The molecule has 2 aromatic rings.